The minimum absolute atomic E-state index is 0.461. The molecule has 0 aliphatic carbocycles. The van der Waals surface area contributed by atoms with Crippen molar-refractivity contribution in [3.8, 4) is 6.07 Å². The lowest BCUT2D eigenvalue weighted by Gasteiger charge is -2.18. The highest BCUT2D eigenvalue weighted by Crippen LogP contribution is 2.19. The third kappa shape index (κ3) is 2.82. The Morgan fingerprint density at radius 1 is 1.29 bits per heavy atom. The maximum Gasteiger partial charge on any atom is 0.318 e. The highest BCUT2D eigenvalue weighted by molar-refractivity contribution is 6.07. The number of anilines is 1. The highest BCUT2D eigenvalue weighted by Gasteiger charge is 2.35. The van der Waals surface area contributed by atoms with Gasteiger partial charge in [-0.05, 0) is 38.1 Å². The Kier molecular flexibility index (Phi) is 3.49. The molecule has 1 amide bonds. The molecule has 0 fully saturated rings. The Morgan fingerprint density at radius 2 is 1.82 bits per heavy atom. The first-order valence-electron chi connectivity index (χ1n) is 4.93. The van der Waals surface area contributed by atoms with Crippen LogP contribution in [0.1, 0.15) is 19.4 Å². The van der Waals surface area contributed by atoms with Gasteiger partial charge in [0, 0.05) is 5.69 Å². The van der Waals surface area contributed by atoms with Gasteiger partial charge < -0.3 is 10.4 Å². The molecular weight excluding hydrogens is 220 g/mol. The predicted molar refractivity (Wildman–Crippen MR) is 61.2 cm³/mol. The predicted octanol–water partition coefficient (Wildman–Crippen LogP) is 1.61. The minimum atomic E-state index is -1.49. The van der Waals surface area contributed by atoms with E-state index in [2.05, 4.69) is 5.32 Å². The van der Waals surface area contributed by atoms with Crippen molar-refractivity contribution in [2.75, 3.05) is 5.32 Å². The third-order valence-electron chi connectivity index (χ3n) is 2.37. The molecule has 0 aromatic heterocycles. The summed E-state index contributed by atoms with van der Waals surface area (Å²) < 4.78 is 0. The first-order valence-corrected chi connectivity index (χ1v) is 4.93. The van der Waals surface area contributed by atoms with Gasteiger partial charge in [-0.25, -0.2) is 0 Å². The maximum absolute atomic E-state index is 11.7. The Hall–Kier alpha value is -2.35. The first-order chi connectivity index (χ1) is 7.87. The van der Waals surface area contributed by atoms with Gasteiger partial charge in [-0.3, -0.25) is 9.59 Å². The van der Waals surface area contributed by atoms with Crippen molar-refractivity contribution in [2.24, 2.45) is 5.41 Å². The molecule has 1 aromatic carbocycles. The van der Waals surface area contributed by atoms with Crippen molar-refractivity contribution in [1.29, 1.82) is 5.26 Å². The number of carbonyl (C=O) groups is 2. The van der Waals surface area contributed by atoms with Crippen molar-refractivity contribution >= 4 is 17.6 Å². The molecule has 0 saturated carbocycles. The van der Waals surface area contributed by atoms with Crippen molar-refractivity contribution < 1.29 is 14.7 Å². The minimum Gasteiger partial charge on any atom is -0.480 e. The summed E-state index contributed by atoms with van der Waals surface area (Å²) in [5, 5.41) is 20.0. The average molecular weight is 232 g/mol. The third-order valence-corrected chi connectivity index (χ3v) is 2.37. The Morgan fingerprint density at radius 3 is 2.24 bits per heavy atom. The molecule has 5 heteroatoms. The SMILES string of the molecule is CC(C)(C(=O)O)C(=O)Nc1ccc(C#N)cc1. The summed E-state index contributed by atoms with van der Waals surface area (Å²) in [6.45, 7) is 2.66. The van der Waals surface area contributed by atoms with Gasteiger partial charge in [0.15, 0.2) is 0 Å². The molecule has 17 heavy (non-hydrogen) atoms. The fourth-order valence-electron chi connectivity index (χ4n) is 1.01. The molecule has 88 valence electrons. The molecule has 5 nitrogen and oxygen atoms in total. The highest BCUT2D eigenvalue weighted by atomic mass is 16.4. The quantitative estimate of drug-likeness (QED) is 0.774. The summed E-state index contributed by atoms with van der Waals surface area (Å²) >= 11 is 0. The molecule has 0 spiro atoms. The van der Waals surface area contributed by atoms with Crippen LogP contribution in [-0.4, -0.2) is 17.0 Å². The molecule has 0 bridgehead atoms. The zero-order valence-electron chi connectivity index (χ0n) is 9.52. The molecule has 2 N–H and O–H groups in total. The number of amides is 1. The number of aliphatic carboxylic acids is 1. The number of nitrogens with zero attached hydrogens (tertiary/aromatic N) is 1. The number of hydrogen-bond acceptors (Lipinski definition) is 3. The van der Waals surface area contributed by atoms with Gasteiger partial charge in [0.25, 0.3) is 0 Å². The second-order valence-corrected chi connectivity index (χ2v) is 4.07. The number of carboxylic acids is 1. The number of carbonyl (C=O) groups excluding carboxylic acids is 1. The van der Waals surface area contributed by atoms with Gasteiger partial charge >= 0.3 is 5.97 Å². The second kappa shape index (κ2) is 4.66. The van der Waals surface area contributed by atoms with Gasteiger partial charge in [0.1, 0.15) is 5.41 Å². The van der Waals surface area contributed by atoms with E-state index in [1.165, 1.54) is 13.8 Å². The van der Waals surface area contributed by atoms with Crippen LogP contribution in [0, 0.1) is 16.7 Å². The molecule has 0 aliphatic heterocycles. The number of carboxylic acid groups (broad SMARTS) is 1. The van der Waals surface area contributed by atoms with E-state index in [1.807, 2.05) is 6.07 Å². The average Bonchev–Trinajstić information content (AvgIpc) is 2.29. The van der Waals surface area contributed by atoms with E-state index in [0.29, 0.717) is 11.3 Å². The van der Waals surface area contributed by atoms with Gasteiger partial charge in [0.2, 0.25) is 5.91 Å². The molecule has 0 unspecified atom stereocenters. The molecule has 1 rings (SSSR count). The Balaban J connectivity index is 2.82. The van der Waals surface area contributed by atoms with E-state index in [4.69, 9.17) is 10.4 Å². The van der Waals surface area contributed by atoms with Crippen LogP contribution in [0.25, 0.3) is 0 Å². The number of benzene rings is 1. The summed E-state index contributed by atoms with van der Waals surface area (Å²) in [5.74, 6) is -1.79. The fourth-order valence-corrected chi connectivity index (χ4v) is 1.01. The van der Waals surface area contributed by atoms with Crippen LogP contribution in [0.2, 0.25) is 0 Å². The van der Waals surface area contributed by atoms with Crippen molar-refractivity contribution in [3.63, 3.8) is 0 Å². The number of nitrogens with one attached hydrogen (secondary N) is 1. The largest absolute Gasteiger partial charge is 0.480 e. The second-order valence-electron chi connectivity index (χ2n) is 4.07. The first kappa shape index (κ1) is 12.7. The summed E-state index contributed by atoms with van der Waals surface area (Å²) in [6.07, 6.45) is 0. The van der Waals surface area contributed by atoms with Crippen LogP contribution in [0.3, 0.4) is 0 Å². The molecule has 0 heterocycles. The van der Waals surface area contributed by atoms with E-state index in [1.54, 1.807) is 24.3 Å². The standard InChI is InChI=1S/C12H12N2O3/c1-12(2,11(16)17)10(15)14-9-5-3-8(7-13)4-6-9/h3-6H,1-2H3,(H,14,15)(H,16,17). The number of nitriles is 1. The van der Waals surface area contributed by atoms with E-state index in [0.717, 1.165) is 0 Å². The molecule has 0 saturated heterocycles. The van der Waals surface area contributed by atoms with Crippen LogP contribution in [-0.2, 0) is 9.59 Å². The van der Waals surface area contributed by atoms with E-state index < -0.39 is 17.3 Å². The van der Waals surface area contributed by atoms with Crippen LogP contribution in [0.15, 0.2) is 24.3 Å². The molecular formula is C12H12N2O3. The monoisotopic (exact) mass is 232 g/mol. The zero-order chi connectivity index (χ0) is 13.1. The number of hydrogen-bond donors (Lipinski definition) is 2. The van der Waals surface area contributed by atoms with Crippen LogP contribution < -0.4 is 5.32 Å². The fraction of sp³-hybridized carbons (Fsp3) is 0.250. The van der Waals surface area contributed by atoms with Gasteiger partial charge in [-0.2, -0.15) is 5.26 Å². The summed E-state index contributed by atoms with van der Waals surface area (Å²) in [6, 6.07) is 8.14. The summed E-state index contributed by atoms with van der Waals surface area (Å²) in [7, 11) is 0. The van der Waals surface area contributed by atoms with Gasteiger partial charge in [-0.15, -0.1) is 0 Å². The molecule has 0 atom stereocenters. The maximum atomic E-state index is 11.7. The summed E-state index contributed by atoms with van der Waals surface area (Å²) in [4.78, 5) is 22.5. The topological polar surface area (TPSA) is 90.2 Å². The van der Waals surface area contributed by atoms with E-state index in [9.17, 15) is 9.59 Å². The molecule has 1 aromatic rings. The molecule has 0 aliphatic rings. The lowest BCUT2D eigenvalue weighted by molar-refractivity contribution is -0.151. The normalized spacial score (nSPS) is 10.4. The van der Waals surface area contributed by atoms with Crippen LogP contribution >= 0.6 is 0 Å². The molecule has 0 radical (unpaired) electrons. The lowest BCUT2D eigenvalue weighted by atomic mass is 9.92. The van der Waals surface area contributed by atoms with Gasteiger partial charge in [-0.1, -0.05) is 0 Å². The van der Waals surface area contributed by atoms with Crippen molar-refractivity contribution in [3.05, 3.63) is 29.8 Å². The van der Waals surface area contributed by atoms with Crippen molar-refractivity contribution in [2.45, 2.75) is 13.8 Å². The number of rotatable bonds is 3. The van der Waals surface area contributed by atoms with E-state index in [-0.39, 0.29) is 0 Å². The smallest absolute Gasteiger partial charge is 0.318 e. The Labute approximate surface area is 98.7 Å². The summed E-state index contributed by atoms with van der Waals surface area (Å²) in [5.41, 5.74) is -0.558. The zero-order valence-corrected chi connectivity index (χ0v) is 9.52. The van der Waals surface area contributed by atoms with Gasteiger partial charge in [0.05, 0.1) is 11.6 Å². The van der Waals surface area contributed by atoms with Crippen LogP contribution in [0.5, 0.6) is 0 Å². The Bertz CT molecular complexity index is 483. The van der Waals surface area contributed by atoms with E-state index >= 15 is 0 Å². The lowest BCUT2D eigenvalue weighted by Crippen LogP contribution is -2.37. The van der Waals surface area contributed by atoms with Crippen LogP contribution in [0.4, 0.5) is 5.69 Å². The van der Waals surface area contributed by atoms with Crippen molar-refractivity contribution in [1.82, 2.24) is 0 Å².